The highest BCUT2D eigenvalue weighted by Crippen LogP contribution is 2.28. The quantitative estimate of drug-likeness (QED) is 0.426. The van der Waals surface area contributed by atoms with E-state index < -0.39 is 11.7 Å². The van der Waals surface area contributed by atoms with Crippen molar-refractivity contribution < 1.29 is 9.18 Å². The number of halogens is 1. The minimum absolute atomic E-state index is 0.0376. The van der Waals surface area contributed by atoms with Crippen LogP contribution in [0.2, 0.25) is 0 Å². The number of anilines is 3. The number of hydrogen-bond donors (Lipinski definition) is 4. The average molecular weight is 449 g/mol. The standard InChI is InChI=1S/C25H29FN6O/c1-2-15-6-5-7-16(10-15)17-11-18(14-29-13-17)30-24-19(23(28)33)12-20(26)25(32-24)31-22-9-4-3-8-21(22)27/h5-7,10-14,21-22H,2-4,8-9,27H2,1H3,(H2,28,33)(H2,30,31,32)/t21-,22+/m0/s1. The fraction of sp³-hybridized carbons (Fsp3) is 0.320. The molecule has 7 nitrogen and oxygen atoms in total. The second kappa shape index (κ2) is 9.95. The molecule has 1 fully saturated rings. The number of aryl methyl sites for hydroxylation is 1. The molecular weight excluding hydrogens is 419 g/mol. The molecule has 0 aliphatic heterocycles. The van der Waals surface area contributed by atoms with E-state index in [1.54, 1.807) is 12.4 Å². The van der Waals surface area contributed by atoms with E-state index in [-0.39, 0.29) is 29.3 Å². The van der Waals surface area contributed by atoms with Gasteiger partial charge in [0.05, 0.1) is 17.4 Å². The third-order valence-corrected chi connectivity index (χ3v) is 6.05. The summed E-state index contributed by atoms with van der Waals surface area (Å²) in [4.78, 5) is 20.7. The van der Waals surface area contributed by atoms with Crippen molar-refractivity contribution in [3.63, 3.8) is 0 Å². The Kier molecular flexibility index (Phi) is 6.84. The van der Waals surface area contributed by atoms with Gasteiger partial charge in [0.15, 0.2) is 11.6 Å². The normalized spacial score (nSPS) is 18.0. The predicted molar refractivity (Wildman–Crippen MR) is 129 cm³/mol. The van der Waals surface area contributed by atoms with Gasteiger partial charge >= 0.3 is 0 Å². The number of nitrogens with one attached hydrogen (secondary N) is 2. The molecule has 6 N–H and O–H groups in total. The summed E-state index contributed by atoms with van der Waals surface area (Å²) in [6.45, 7) is 2.10. The maximum Gasteiger partial charge on any atom is 0.252 e. The first-order valence-corrected chi connectivity index (χ1v) is 11.3. The lowest BCUT2D eigenvalue weighted by Crippen LogP contribution is -2.43. The Hall–Kier alpha value is -3.52. The number of rotatable bonds is 7. The zero-order valence-electron chi connectivity index (χ0n) is 18.6. The highest BCUT2D eigenvalue weighted by Gasteiger charge is 2.24. The van der Waals surface area contributed by atoms with E-state index in [4.69, 9.17) is 11.5 Å². The van der Waals surface area contributed by atoms with Crippen LogP contribution in [0.15, 0.2) is 48.8 Å². The lowest BCUT2D eigenvalue weighted by Gasteiger charge is -2.30. The fourth-order valence-corrected chi connectivity index (χ4v) is 4.16. The average Bonchev–Trinajstić information content (AvgIpc) is 2.82. The summed E-state index contributed by atoms with van der Waals surface area (Å²) in [5.41, 5.74) is 15.4. The molecule has 0 bridgehead atoms. The van der Waals surface area contributed by atoms with Crippen LogP contribution in [0.1, 0.15) is 48.5 Å². The van der Waals surface area contributed by atoms with Crippen molar-refractivity contribution in [2.45, 2.75) is 51.1 Å². The molecule has 1 aromatic carbocycles. The van der Waals surface area contributed by atoms with Gasteiger partial charge in [-0.25, -0.2) is 9.37 Å². The van der Waals surface area contributed by atoms with Gasteiger partial charge in [0, 0.05) is 23.8 Å². The van der Waals surface area contributed by atoms with Crippen molar-refractivity contribution in [2.24, 2.45) is 11.5 Å². The Morgan fingerprint density at radius 3 is 2.70 bits per heavy atom. The maximum atomic E-state index is 14.8. The third-order valence-electron chi connectivity index (χ3n) is 6.05. The van der Waals surface area contributed by atoms with Crippen LogP contribution in [-0.4, -0.2) is 28.0 Å². The summed E-state index contributed by atoms with van der Waals surface area (Å²) in [5.74, 6) is -1.21. The number of carbonyl (C=O) groups excluding carboxylic acids is 1. The molecule has 1 aliphatic carbocycles. The molecule has 0 saturated heterocycles. The Morgan fingerprint density at radius 2 is 1.94 bits per heavy atom. The first kappa shape index (κ1) is 22.7. The molecule has 0 unspecified atom stereocenters. The monoisotopic (exact) mass is 448 g/mol. The van der Waals surface area contributed by atoms with Gasteiger partial charge in [-0.15, -0.1) is 0 Å². The molecule has 1 amide bonds. The highest BCUT2D eigenvalue weighted by molar-refractivity contribution is 5.98. The summed E-state index contributed by atoms with van der Waals surface area (Å²) < 4.78 is 14.8. The van der Waals surface area contributed by atoms with Crippen LogP contribution in [0, 0.1) is 5.82 Å². The number of aromatic nitrogens is 2. The molecule has 1 aliphatic rings. The van der Waals surface area contributed by atoms with Gasteiger partial charge in [0.25, 0.3) is 5.91 Å². The van der Waals surface area contributed by atoms with Crippen molar-refractivity contribution in [3.8, 4) is 11.1 Å². The minimum Gasteiger partial charge on any atom is -0.365 e. The lowest BCUT2D eigenvalue weighted by atomic mass is 9.91. The van der Waals surface area contributed by atoms with Crippen LogP contribution in [0.5, 0.6) is 0 Å². The van der Waals surface area contributed by atoms with E-state index in [0.717, 1.165) is 49.3 Å². The first-order valence-electron chi connectivity index (χ1n) is 11.3. The van der Waals surface area contributed by atoms with E-state index in [2.05, 4.69) is 39.7 Å². The number of primary amides is 1. The third kappa shape index (κ3) is 5.28. The summed E-state index contributed by atoms with van der Waals surface area (Å²) in [6.07, 6.45) is 8.12. The van der Waals surface area contributed by atoms with Crippen LogP contribution in [0.4, 0.5) is 21.7 Å². The Bertz CT molecular complexity index is 1150. The van der Waals surface area contributed by atoms with Gasteiger partial charge < -0.3 is 22.1 Å². The number of hydrogen-bond acceptors (Lipinski definition) is 6. The molecule has 2 atom stereocenters. The molecule has 2 aromatic heterocycles. The van der Waals surface area contributed by atoms with Crippen molar-refractivity contribution in [3.05, 3.63) is 65.7 Å². The van der Waals surface area contributed by atoms with Gasteiger partial charge in [-0.05, 0) is 42.5 Å². The number of pyridine rings is 2. The molecule has 0 radical (unpaired) electrons. The van der Waals surface area contributed by atoms with E-state index in [1.165, 1.54) is 5.56 Å². The SMILES string of the molecule is CCc1cccc(-c2cncc(Nc3nc(N[C@@H]4CCCC[C@@H]4N)c(F)cc3C(N)=O)c2)c1. The largest absolute Gasteiger partial charge is 0.365 e. The zero-order chi connectivity index (χ0) is 23.4. The molecule has 0 spiro atoms. The lowest BCUT2D eigenvalue weighted by molar-refractivity contribution is 0.100. The molecule has 3 aromatic rings. The molecule has 172 valence electrons. The second-order valence-corrected chi connectivity index (χ2v) is 8.42. The van der Waals surface area contributed by atoms with Crippen LogP contribution in [0.25, 0.3) is 11.1 Å². The number of benzene rings is 1. The van der Waals surface area contributed by atoms with Crippen molar-refractivity contribution in [2.75, 3.05) is 10.6 Å². The van der Waals surface area contributed by atoms with Crippen LogP contribution < -0.4 is 22.1 Å². The van der Waals surface area contributed by atoms with E-state index in [0.29, 0.717) is 5.69 Å². The Labute approximate surface area is 192 Å². The summed E-state index contributed by atoms with van der Waals surface area (Å²) >= 11 is 0. The number of nitrogens with two attached hydrogens (primary N) is 2. The predicted octanol–water partition coefficient (Wildman–Crippen LogP) is 4.37. The highest BCUT2D eigenvalue weighted by atomic mass is 19.1. The fourth-order valence-electron chi connectivity index (χ4n) is 4.16. The molecule has 2 heterocycles. The van der Waals surface area contributed by atoms with Crippen molar-refractivity contribution >= 4 is 23.2 Å². The van der Waals surface area contributed by atoms with Gasteiger partial charge in [-0.1, -0.05) is 44.0 Å². The zero-order valence-corrected chi connectivity index (χ0v) is 18.6. The minimum atomic E-state index is -0.774. The molecule has 33 heavy (non-hydrogen) atoms. The van der Waals surface area contributed by atoms with E-state index in [1.807, 2.05) is 18.2 Å². The smallest absolute Gasteiger partial charge is 0.252 e. The summed E-state index contributed by atoms with van der Waals surface area (Å²) in [6, 6.07) is 11.1. The van der Waals surface area contributed by atoms with Gasteiger partial charge in [-0.3, -0.25) is 9.78 Å². The van der Waals surface area contributed by atoms with E-state index in [9.17, 15) is 9.18 Å². The Morgan fingerprint density at radius 1 is 1.12 bits per heavy atom. The number of nitrogens with zero attached hydrogens (tertiary/aromatic N) is 2. The molecule has 1 saturated carbocycles. The first-order chi connectivity index (χ1) is 15.9. The summed E-state index contributed by atoms with van der Waals surface area (Å²) in [7, 11) is 0. The number of carbonyl (C=O) groups is 1. The van der Waals surface area contributed by atoms with Crippen molar-refractivity contribution in [1.29, 1.82) is 0 Å². The van der Waals surface area contributed by atoms with Crippen molar-refractivity contribution in [1.82, 2.24) is 9.97 Å². The van der Waals surface area contributed by atoms with Crippen LogP contribution in [0.3, 0.4) is 0 Å². The topological polar surface area (TPSA) is 119 Å². The van der Waals surface area contributed by atoms with Crippen LogP contribution >= 0.6 is 0 Å². The number of amides is 1. The second-order valence-electron chi connectivity index (χ2n) is 8.42. The Balaban J connectivity index is 1.64. The van der Waals surface area contributed by atoms with Crippen LogP contribution in [-0.2, 0) is 6.42 Å². The maximum absolute atomic E-state index is 14.8. The van der Waals surface area contributed by atoms with Gasteiger partial charge in [0.1, 0.15) is 5.82 Å². The summed E-state index contributed by atoms with van der Waals surface area (Å²) in [5, 5.41) is 6.22. The molecular formula is C25H29FN6O. The van der Waals surface area contributed by atoms with Gasteiger partial charge in [-0.2, -0.15) is 0 Å². The molecule has 8 heteroatoms. The van der Waals surface area contributed by atoms with E-state index >= 15 is 0 Å². The van der Waals surface area contributed by atoms with Gasteiger partial charge in [0.2, 0.25) is 0 Å². The molecule has 4 rings (SSSR count).